The van der Waals surface area contributed by atoms with Gasteiger partial charge in [-0.1, -0.05) is 42.5 Å². The molecule has 0 heterocycles. The number of benzene rings is 3. The molecule has 0 aliphatic carbocycles. The molecule has 0 saturated heterocycles. The first kappa shape index (κ1) is 13.5. The smallest absolute Gasteiger partial charge is 0.146 e. The molecule has 0 spiro atoms. The predicted octanol–water partition coefficient (Wildman–Crippen LogP) is 5.23. The van der Waals surface area contributed by atoms with Crippen LogP contribution in [0.4, 0.5) is 0 Å². The zero-order valence-electron chi connectivity index (χ0n) is 11.5. The van der Waals surface area contributed by atoms with Crippen LogP contribution in [-0.2, 0) is 0 Å². The Morgan fingerprint density at radius 2 is 1.62 bits per heavy atom. The van der Waals surface area contributed by atoms with E-state index in [1.807, 2.05) is 66.9 Å². The van der Waals surface area contributed by atoms with Gasteiger partial charge in [0.1, 0.15) is 23.1 Å². The number of ether oxygens (including phenoxy) is 1. The van der Waals surface area contributed by atoms with Crippen LogP contribution >= 0.6 is 11.8 Å². The van der Waals surface area contributed by atoms with Crippen LogP contribution in [0, 0.1) is 11.3 Å². The molecule has 0 N–H and O–H groups in total. The van der Waals surface area contributed by atoms with Crippen molar-refractivity contribution in [3.8, 4) is 17.6 Å². The first-order valence-corrected chi connectivity index (χ1v) is 7.78. The standard InChI is InChI=1S/C18H13NOS/c1-21-18-11-5-10-17(15(18)12-19)20-16-9-4-7-13-6-2-3-8-14(13)16/h2-11H,1H3. The monoisotopic (exact) mass is 291 g/mol. The minimum Gasteiger partial charge on any atom is -0.455 e. The van der Waals surface area contributed by atoms with Crippen molar-refractivity contribution in [3.63, 3.8) is 0 Å². The highest BCUT2D eigenvalue weighted by atomic mass is 32.2. The Balaban J connectivity index is 2.10. The Labute approximate surface area is 128 Å². The molecule has 3 rings (SSSR count). The fourth-order valence-electron chi connectivity index (χ4n) is 2.28. The minimum absolute atomic E-state index is 0.581. The van der Waals surface area contributed by atoms with E-state index in [2.05, 4.69) is 6.07 Å². The van der Waals surface area contributed by atoms with E-state index in [-0.39, 0.29) is 0 Å². The maximum absolute atomic E-state index is 9.38. The van der Waals surface area contributed by atoms with Crippen LogP contribution in [0.3, 0.4) is 0 Å². The lowest BCUT2D eigenvalue weighted by atomic mass is 10.1. The van der Waals surface area contributed by atoms with E-state index in [1.54, 1.807) is 11.8 Å². The van der Waals surface area contributed by atoms with E-state index in [0.29, 0.717) is 11.3 Å². The normalized spacial score (nSPS) is 10.3. The van der Waals surface area contributed by atoms with Gasteiger partial charge in [-0.3, -0.25) is 0 Å². The number of hydrogen-bond acceptors (Lipinski definition) is 3. The largest absolute Gasteiger partial charge is 0.455 e. The third-order valence-corrected chi connectivity index (χ3v) is 4.07. The summed E-state index contributed by atoms with van der Waals surface area (Å²) < 4.78 is 6.02. The second-order valence-electron chi connectivity index (χ2n) is 4.52. The van der Waals surface area contributed by atoms with E-state index in [1.165, 1.54) is 0 Å². The maximum Gasteiger partial charge on any atom is 0.146 e. The molecule has 3 heteroatoms. The molecule has 0 amide bonds. The molecular weight excluding hydrogens is 278 g/mol. The number of rotatable bonds is 3. The molecule has 0 unspecified atom stereocenters. The summed E-state index contributed by atoms with van der Waals surface area (Å²) in [5.74, 6) is 1.36. The van der Waals surface area contributed by atoms with Crippen molar-refractivity contribution in [1.29, 1.82) is 5.26 Å². The highest BCUT2D eigenvalue weighted by Crippen LogP contribution is 2.34. The first-order valence-electron chi connectivity index (χ1n) is 6.56. The van der Waals surface area contributed by atoms with E-state index >= 15 is 0 Å². The molecule has 21 heavy (non-hydrogen) atoms. The fraction of sp³-hybridized carbons (Fsp3) is 0.0556. The van der Waals surface area contributed by atoms with Gasteiger partial charge in [-0.25, -0.2) is 0 Å². The summed E-state index contributed by atoms with van der Waals surface area (Å²) in [6, 6.07) is 21.9. The predicted molar refractivity (Wildman–Crippen MR) is 87.0 cm³/mol. The second kappa shape index (κ2) is 5.90. The van der Waals surface area contributed by atoms with Gasteiger partial charge in [0, 0.05) is 10.3 Å². The molecule has 3 aromatic rings. The van der Waals surface area contributed by atoms with Crippen molar-refractivity contribution in [2.45, 2.75) is 4.90 Å². The van der Waals surface area contributed by atoms with Crippen molar-refractivity contribution >= 4 is 22.5 Å². The van der Waals surface area contributed by atoms with Crippen molar-refractivity contribution in [2.75, 3.05) is 6.26 Å². The summed E-state index contributed by atoms with van der Waals surface area (Å²) in [6.45, 7) is 0. The number of fused-ring (bicyclic) bond motifs is 1. The minimum atomic E-state index is 0.581. The van der Waals surface area contributed by atoms with E-state index < -0.39 is 0 Å². The molecule has 0 aliphatic heterocycles. The zero-order valence-corrected chi connectivity index (χ0v) is 12.4. The SMILES string of the molecule is CSc1cccc(Oc2cccc3ccccc23)c1C#N. The Bertz CT molecular complexity index is 831. The van der Waals surface area contributed by atoms with Crippen LogP contribution in [0.2, 0.25) is 0 Å². The van der Waals surface area contributed by atoms with Crippen molar-refractivity contribution in [1.82, 2.24) is 0 Å². The van der Waals surface area contributed by atoms with Gasteiger partial charge in [0.2, 0.25) is 0 Å². The summed E-state index contributed by atoms with van der Waals surface area (Å²) in [5, 5.41) is 11.5. The summed E-state index contributed by atoms with van der Waals surface area (Å²) in [4.78, 5) is 0.926. The first-order chi connectivity index (χ1) is 10.3. The fourth-order valence-corrected chi connectivity index (χ4v) is 2.84. The lowest BCUT2D eigenvalue weighted by Gasteiger charge is -2.11. The summed E-state index contributed by atoms with van der Waals surface area (Å²) in [6.07, 6.45) is 1.96. The average Bonchev–Trinajstić information content (AvgIpc) is 2.55. The number of thioether (sulfide) groups is 1. The van der Waals surface area contributed by atoms with Crippen LogP contribution in [0.1, 0.15) is 5.56 Å². The molecule has 3 aromatic carbocycles. The third-order valence-electron chi connectivity index (χ3n) is 3.29. The highest BCUT2D eigenvalue weighted by Gasteiger charge is 2.10. The van der Waals surface area contributed by atoms with E-state index in [4.69, 9.17) is 4.74 Å². The molecule has 0 saturated carbocycles. The second-order valence-corrected chi connectivity index (χ2v) is 5.37. The van der Waals surface area contributed by atoms with Gasteiger partial charge in [-0.15, -0.1) is 11.8 Å². The van der Waals surface area contributed by atoms with Gasteiger partial charge in [-0.05, 0) is 29.8 Å². The van der Waals surface area contributed by atoms with Crippen LogP contribution in [-0.4, -0.2) is 6.26 Å². The molecule has 0 atom stereocenters. The molecule has 2 nitrogen and oxygen atoms in total. The topological polar surface area (TPSA) is 33.0 Å². The van der Waals surface area contributed by atoms with Gasteiger partial charge in [0.15, 0.2) is 0 Å². The van der Waals surface area contributed by atoms with E-state index in [9.17, 15) is 5.26 Å². The van der Waals surface area contributed by atoms with Gasteiger partial charge in [0.05, 0.1) is 0 Å². The Morgan fingerprint density at radius 3 is 2.43 bits per heavy atom. The molecule has 0 fully saturated rings. The number of hydrogen-bond donors (Lipinski definition) is 0. The Hall–Kier alpha value is -2.44. The zero-order chi connectivity index (χ0) is 14.7. The van der Waals surface area contributed by atoms with Crippen molar-refractivity contribution in [3.05, 3.63) is 66.2 Å². The lowest BCUT2D eigenvalue weighted by molar-refractivity contribution is 0.485. The van der Waals surface area contributed by atoms with Crippen molar-refractivity contribution < 1.29 is 4.74 Å². The molecular formula is C18H13NOS. The highest BCUT2D eigenvalue weighted by molar-refractivity contribution is 7.98. The third kappa shape index (κ3) is 2.58. The molecule has 0 aliphatic rings. The summed E-state index contributed by atoms with van der Waals surface area (Å²) in [7, 11) is 0. The van der Waals surface area contributed by atoms with Gasteiger partial charge in [-0.2, -0.15) is 5.26 Å². The average molecular weight is 291 g/mol. The summed E-state index contributed by atoms with van der Waals surface area (Å²) in [5.41, 5.74) is 0.581. The van der Waals surface area contributed by atoms with Gasteiger partial charge >= 0.3 is 0 Å². The van der Waals surface area contributed by atoms with Crippen LogP contribution < -0.4 is 4.74 Å². The Kier molecular flexibility index (Phi) is 3.81. The van der Waals surface area contributed by atoms with Crippen LogP contribution in [0.5, 0.6) is 11.5 Å². The molecule has 0 radical (unpaired) electrons. The van der Waals surface area contributed by atoms with Crippen molar-refractivity contribution in [2.24, 2.45) is 0 Å². The molecule has 0 aromatic heterocycles. The van der Waals surface area contributed by atoms with Crippen LogP contribution in [0.15, 0.2) is 65.6 Å². The summed E-state index contributed by atoms with van der Waals surface area (Å²) >= 11 is 1.55. The number of nitriles is 1. The molecule has 102 valence electrons. The maximum atomic E-state index is 9.38. The van der Waals surface area contributed by atoms with E-state index in [0.717, 1.165) is 21.4 Å². The quantitative estimate of drug-likeness (QED) is 0.620. The molecule has 0 bridgehead atoms. The lowest BCUT2D eigenvalue weighted by Crippen LogP contribution is -1.91. The van der Waals surface area contributed by atoms with Crippen LogP contribution in [0.25, 0.3) is 10.8 Å². The number of nitrogens with zero attached hydrogens (tertiary/aromatic N) is 1. The van der Waals surface area contributed by atoms with Gasteiger partial charge in [0.25, 0.3) is 0 Å². The van der Waals surface area contributed by atoms with Gasteiger partial charge < -0.3 is 4.74 Å². The Morgan fingerprint density at radius 1 is 0.905 bits per heavy atom.